The lowest BCUT2D eigenvalue weighted by Gasteiger charge is -2.01. The van der Waals surface area contributed by atoms with E-state index >= 15 is 0 Å². The molecule has 1 aromatic heterocycles. The Morgan fingerprint density at radius 3 is 1.93 bits per heavy atom. The molecular formula is C24H45BrN2. The molecule has 0 aliphatic rings. The minimum Gasteiger partial charge on any atom is -1.00 e. The minimum atomic E-state index is 0. The Hall–Kier alpha value is -0.570. The molecule has 1 heterocycles. The second kappa shape index (κ2) is 18.8. The first kappa shape index (κ1) is 26.4. The summed E-state index contributed by atoms with van der Waals surface area (Å²) >= 11 is 0. The molecule has 0 atom stereocenters. The van der Waals surface area contributed by atoms with Crippen molar-refractivity contribution in [2.45, 2.75) is 124 Å². The van der Waals surface area contributed by atoms with Crippen molar-refractivity contribution in [3.05, 3.63) is 23.8 Å². The molecule has 0 radical (unpaired) electrons. The lowest BCUT2D eigenvalue weighted by Crippen LogP contribution is -3.00. The molecule has 3 heteroatoms. The van der Waals surface area contributed by atoms with Crippen LogP contribution in [0.15, 0.2) is 12.3 Å². The fourth-order valence-electron chi connectivity index (χ4n) is 3.68. The van der Waals surface area contributed by atoms with Crippen molar-refractivity contribution in [1.29, 1.82) is 0 Å². The third-order valence-corrected chi connectivity index (χ3v) is 5.37. The summed E-state index contributed by atoms with van der Waals surface area (Å²) < 4.78 is 2.45. The van der Waals surface area contributed by atoms with Gasteiger partial charge in [-0.3, -0.25) is 0 Å². The van der Waals surface area contributed by atoms with Crippen LogP contribution in [-0.4, -0.2) is 4.98 Å². The predicted octanol–water partition coefficient (Wildman–Crippen LogP) is 4.38. The zero-order valence-electron chi connectivity index (χ0n) is 18.4. The molecule has 0 fully saturated rings. The summed E-state index contributed by atoms with van der Waals surface area (Å²) in [5, 5.41) is 0. The number of aromatic amines is 1. The number of allylic oxidation sites excluding steroid dienone is 1. The van der Waals surface area contributed by atoms with Gasteiger partial charge in [-0.05, 0) is 32.3 Å². The number of halogens is 1. The second-order valence-corrected chi connectivity index (χ2v) is 7.73. The standard InChI is InChI=1S/C24H44N2.BrH/c1-4-7-9-11-13-14-15-16-18-20-23-22-25-24(26(23)6-3)21-19-17-12-10-8-5-2;/h18,20,22H,4-17,19,21H2,1-3H3;1H. The highest BCUT2D eigenvalue weighted by atomic mass is 79.9. The van der Waals surface area contributed by atoms with Crippen molar-refractivity contribution in [3.8, 4) is 0 Å². The molecule has 2 nitrogen and oxygen atoms in total. The lowest BCUT2D eigenvalue weighted by atomic mass is 10.1. The summed E-state index contributed by atoms with van der Waals surface area (Å²) in [6.45, 7) is 7.89. The number of H-pyrrole nitrogens is 1. The van der Waals surface area contributed by atoms with Crippen LogP contribution in [0.3, 0.4) is 0 Å². The van der Waals surface area contributed by atoms with Crippen LogP contribution in [0.4, 0.5) is 0 Å². The van der Waals surface area contributed by atoms with Gasteiger partial charge in [-0.25, -0.2) is 9.55 Å². The summed E-state index contributed by atoms with van der Waals surface area (Å²) in [4.78, 5) is 3.52. The van der Waals surface area contributed by atoms with Gasteiger partial charge in [0.05, 0.1) is 6.54 Å². The summed E-state index contributed by atoms with van der Waals surface area (Å²) in [7, 11) is 0. The lowest BCUT2D eigenvalue weighted by molar-refractivity contribution is -0.701. The number of aryl methyl sites for hydroxylation is 1. The third kappa shape index (κ3) is 12.5. The molecule has 158 valence electrons. The van der Waals surface area contributed by atoms with Crippen LogP contribution in [0.2, 0.25) is 0 Å². The number of hydrogen-bond donors (Lipinski definition) is 1. The quantitative estimate of drug-likeness (QED) is 0.273. The summed E-state index contributed by atoms with van der Waals surface area (Å²) in [5.41, 5.74) is 1.34. The smallest absolute Gasteiger partial charge is 0.254 e. The van der Waals surface area contributed by atoms with E-state index in [0.717, 1.165) is 6.54 Å². The van der Waals surface area contributed by atoms with Gasteiger partial charge in [0.2, 0.25) is 0 Å². The molecule has 0 spiro atoms. The van der Waals surface area contributed by atoms with Gasteiger partial charge in [-0.15, -0.1) is 0 Å². The molecule has 0 bridgehead atoms. The van der Waals surface area contributed by atoms with Crippen LogP contribution in [0.25, 0.3) is 6.08 Å². The van der Waals surface area contributed by atoms with Gasteiger partial charge >= 0.3 is 0 Å². The zero-order valence-corrected chi connectivity index (χ0v) is 20.0. The topological polar surface area (TPSA) is 19.7 Å². The zero-order chi connectivity index (χ0) is 18.9. The maximum Gasteiger partial charge on any atom is 0.254 e. The van der Waals surface area contributed by atoms with Crippen molar-refractivity contribution in [2.24, 2.45) is 0 Å². The van der Waals surface area contributed by atoms with Gasteiger partial charge in [0, 0.05) is 6.42 Å². The van der Waals surface area contributed by atoms with Crippen LogP contribution < -0.4 is 21.5 Å². The van der Waals surface area contributed by atoms with Crippen LogP contribution in [0.1, 0.15) is 122 Å². The monoisotopic (exact) mass is 440 g/mol. The number of unbranched alkanes of at least 4 members (excludes halogenated alkanes) is 12. The van der Waals surface area contributed by atoms with Crippen molar-refractivity contribution < 1.29 is 21.5 Å². The Balaban J connectivity index is 0.00000676. The van der Waals surface area contributed by atoms with E-state index in [1.807, 2.05) is 0 Å². The van der Waals surface area contributed by atoms with Crippen molar-refractivity contribution in [2.75, 3.05) is 0 Å². The van der Waals surface area contributed by atoms with E-state index in [-0.39, 0.29) is 17.0 Å². The van der Waals surface area contributed by atoms with Gasteiger partial charge in [0.15, 0.2) is 5.69 Å². The first-order valence-corrected chi connectivity index (χ1v) is 11.6. The number of nitrogens with one attached hydrogen (secondary N) is 1. The number of rotatable bonds is 17. The Morgan fingerprint density at radius 1 is 0.778 bits per heavy atom. The minimum absolute atomic E-state index is 0. The summed E-state index contributed by atoms with van der Waals surface area (Å²) in [5.74, 6) is 1.40. The van der Waals surface area contributed by atoms with Crippen LogP contribution in [0, 0.1) is 0 Å². The molecular weight excluding hydrogens is 396 g/mol. The fourth-order valence-corrected chi connectivity index (χ4v) is 3.68. The molecule has 0 aromatic carbocycles. The van der Waals surface area contributed by atoms with Gasteiger partial charge in [-0.2, -0.15) is 0 Å². The van der Waals surface area contributed by atoms with Crippen molar-refractivity contribution >= 4 is 6.08 Å². The Kier molecular flexibility index (Phi) is 18.4. The third-order valence-electron chi connectivity index (χ3n) is 5.37. The highest BCUT2D eigenvalue weighted by molar-refractivity contribution is 5.39. The SMILES string of the molecule is CCCCCCCCCC=Cc1c[nH]c(CCCCCCCC)[n+]1CC.[Br-]. The van der Waals surface area contributed by atoms with Gasteiger partial charge in [0.25, 0.3) is 5.82 Å². The highest BCUT2D eigenvalue weighted by Gasteiger charge is 2.13. The maximum absolute atomic E-state index is 3.52. The van der Waals surface area contributed by atoms with Crippen LogP contribution >= 0.6 is 0 Å². The second-order valence-electron chi connectivity index (χ2n) is 7.73. The molecule has 1 aromatic rings. The van der Waals surface area contributed by atoms with Gasteiger partial charge < -0.3 is 17.0 Å². The molecule has 0 saturated heterocycles. The van der Waals surface area contributed by atoms with Gasteiger partial charge in [-0.1, -0.05) is 90.6 Å². The van der Waals surface area contributed by atoms with E-state index in [4.69, 9.17) is 0 Å². The van der Waals surface area contributed by atoms with E-state index < -0.39 is 0 Å². The number of nitrogens with zero attached hydrogens (tertiary/aromatic N) is 1. The van der Waals surface area contributed by atoms with Crippen LogP contribution in [-0.2, 0) is 13.0 Å². The van der Waals surface area contributed by atoms with E-state index in [1.165, 1.54) is 108 Å². The maximum atomic E-state index is 3.52. The molecule has 0 saturated carbocycles. The largest absolute Gasteiger partial charge is 1.00 e. The van der Waals surface area contributed by atoms with Crippen LogP contribution in [0.5, 0.6) is 0 Å². The number of imidazole rings is 1. The Labute approximate surface area is 180 Å². The Bertz CT molecular complexity index is 465. The number of hydrogen-bond acceptors (Lipinski definition) is 0. The van der Waals surface area contributed by atoms with Crippen molar-refractivity contribution in [1.82, 2.24) is 4.98 Å². The first-order valence-electron chi connectivity index (χ1n) is 11.6. The predicted molar refractivity (Wildman–Crippen MR) is 115 cm³/mol. The molecule has 27 heavy (non-hydrogen) atoms. The molecule has 0 aliphatic heterocycles. The molecule has 0 amide bonds. The average molecular weight is 442 g/mol. The number of aromatic nitrogens is 2. The Morgan fingerprint density at radius 2 is 1.33 bits per heavy atom. The fraction of sp³-hybridized carbons (Fsp3) is 0.792. The normalized spacial score (nSPS) is 11.2. The summed E-state index contributed by atoms with van der Waals surface area (Å²) in [6, 6.07) is 0. The van der Waals surface area contributed by atoms with E-state index in [1.54, 1.807) is 0 Å². The molecule has 1 rings (SSSR count). The summed E-state index contributed by atoms with van der Waals surface area (Å²) in [6.07, 6.45) is 27.2. The van der Waals surface area contributed by atoms with Crippen molar-refractivity contribution in [3.63, 3.8) is 0 Å². The molecule has 0 aliphatic carbocycles. The average Bonchev–Trinajstić information content (AvgIpc) is 3.05. The van der Waals surface area contributed by atoms with E-state index in [0.29, 0.717) is 0 Å². The highest BCUT2D eigenvalue weighted by Crippen LogP contribution is 2.10. The molecule has 1 N–H and O–H groups in total. The van der Waals surface area contributed by atoms with E-state index in [2.05, 4.69) is 48.7 Å². The first-order chi connectivity index (χ1) is 12.8. The molecule has 0 unspecified atom stereocenters. The van der Waals surface area contributed by atoms with E-state index in [9.17, 15) is 0 Å². The van der Waals surface area contributed by atoms with Gasteiger partial charge in [0.1, 0.15) is 6.20 Å².